The van der Waals surface area contributed by atoms with Crippen molar-refractivity contribution in [2.24, 2.45) is 5.92 Å². The molecule has 0 aliphatic heterocycles. The Hall–Kier alpha value is -3.02. The molecule has 0 fully saturated rings. The Morgan fingerprint density at radius 1 is 1.26 bits per heavy atom. The van der Waals surface area contributed by atoms with Crippen LogP contribution in [0.4, 0.5) is 0 Å². The molecule has 3 aromatic rings. The lowest BCUT2D eigenvalue weighted by Crippen LogP contribution is -2.34. The fourth-order valence-electron chi connectivity index (χ4n) is 2.95. The van der Waals surface area contributed by atoms with E-state index in [0.29, 0.717) is 31.3 Å². The van der Waals surface area contributed by atoms with E-state index in [0.717, 1.165) is 17.1 Å². The van der Waals surface area contributed by atoms with E-state index >= 15 is 0 Å². The predicted molar refractivity (Wildman–Crippen MR) is 103 cm³/mol. The first kappa shape index (κ1) is 18.8. The summed E-state index contributed by atoms with van der Waals surface area (Å²) >= 11 is 0. The minimum atomic E-state index is -0.118. The zero-order chi connectivity index (χ0) is 19.2. The molecule has 6 heteroatoms. The van der Waals surface area contributed by atoms with Gasteiger partial charge in [0.25, 0.3) is 5.91 Å². The topological polar surface area (TPSA) is 60.5 Å². The summed E-state index contributed by atoms with van der Waals surface area (Å²) < 4.78 is 12.6. The van der Waals surface area contributed by atoms with Crippen molar-refractivity contribution in [2.45, 2.75) is 26.9 Å². The average Bonchev–Trinajstić information content (AvgIpc) is 3.33. The number of hydrogen-bond donors (Lipinski definition) is 0. The molecule has 0 saturated heterocycles. The van der Waals surface area contributed by atoms with Crippen molar-refractivity contribution in [2.75, 3.05) is 13.7 Å². The SMILES string of the molecule is COc1ccc(Cn2ccnc2CN(CC(C)C)C(=O)c2ccco2)cc1. The second-order valence-electron chi connectivity index (χ2n) is 6.88. The third-order valence-corrected chi connectivity index (χ3v) is 4.25. The van der Waals surface area contributed by atoms with Gasteiger partial charge in [0.05, 0.1) is 19.9 Å². The number of furan rings is 1. The number of benzene rings is 1. The van der Waals surface area contributed by atoms with Crippen LogP contribution in [0.3, 0.4) is 0 Å². The predicted octanol–water partition coefficient (Wildman–Crippen LogP) is 3.83. The van der Waals surface area contributed by atoms with E-state index in [-0.39, 0.29) is 5.91 Å². The standard InChI is InChI=1S/C21H25N3O3/c1-16(2)13-24(21(25)19-5-4-12-27-19)15-20-22-10-11-23(20)14-17-6-8-18(26-3)9-7-17/h4-12,16H,13-15H2,1-3H3. The van der Waals surface area contributed by atoms with Gasteiger partial charge in [0, 0.05) is 25.5 Å². The highest BCUT2D eigenvalue weighted by atomic mass is 16.5. The number of ether oxygens (including phenoxy) is 1. The molecule has 2 heterocycles. The molecule has 1 aromatic carbocycles. The number of amides is 1. The number of hydrogen-bond acceptors (Lipinski definition) is 4. The van der Waals surface area contributed by atoms with E-state index in [2.05, 4.69) is 23.4 Å². The zero-order valence-corrected chi connectivity index (χ0v) is 16.0. The molecule has 3 rings (SSSR count). The maximum Gasteiger partial charge on any atom is 0.289 e. The number of rotatable bonds is 8. The van der Waals surface area contributed by atoms with Crippen LogP contribution in [0.2, 0.25) is 0 Å². The summed E-state index contributed by atoms with van der Waals surface area (Å²) in [5.41, 5.74) is 1.14. The van der Waals surface area contributed by atoms with Crippen molar-refractivity contribution in [3.05, 3.63) is 72.2 Å². The summed E-state index contributed by atoms with van der Waals surface area (Å²) in [6.07, 6.45) is 5.22. The number of methoxy groups -OCH3 is 1. The molecule has 142 valence electrons. The van der Waals surface area contributed by atoms with E-state index in [9.17, 15) is 4.79 Å². The van der Waals surface area contributed by atoms with Crippen molar-refractivity contribution >= 4 is 5.91 Å². The molecule has 0 N–H and O–H groups in total. The fourth-order valence-corrected chi connectivity index (χ4v) is 2.95. The van der Waals surface area contributed by atoms with E-state index in [4.69, 9.17) is 9.15 Å². The molecule has 6 nitrogen and oxygen atoms in total. The molecular formula is C21H25N3O3. The minimum absolute atomic E-state index is 0.118. The van der Waals surface area contributed by atoms with E-state index in [1.807, 2.05) is 30.5 Å². The van der Waals surface area contributed by atoms with Crippen LogP contribution in [0.5, 0.6) is 5.75 Å². The summed E-state index contributed by atoms with van der Waals surface area (Å²) in [6.45, 7) is 5.93. The molecule has 1 amide bonds. The lowest BCUT2D eigenvalue weighted by atomic mass is 10.2. The largest absolute Gasteiger partial charge is 0.497 e. The van der Waals surface area contributed by atoms with Gasteiger partial charge >= 0.3 is 0 Å². The summed E-state index contributed by atoms with van der Waals surface area (Å²) in [5.74, 6) is 2.24. The second kappa shape index (κ2) is 8.58. The third kappa shape index (κ3) is 4.78. The highest BCUT2D eigenvalue weighted by Crippen LogP contribution is 2.15. The Morgan fingerprint density at radius 2 is 2.04 bits per heavy atom. The quantitative estimate of drug-likeness (QED) is 0.607. The number of carbonyl (C=O) groups is 1. The molecule has 0 atom stereocenters. The van der Waals surface area contributed by atoms with Gasteiger partial charge in [-0.25, -0.2) is 4.98 Å². The first-order valence-corrected chi connectivity index (χ1v) is 9.02. The number of imidazole rings is 1. The maximum absolute atomic E-state index is 12.8. The first-order chi connectivity index (χ1) is 13.1. The molecule has 0 bridgehead atoms. The van der Waals surface area contributed by atoms with Gasteiger partial charge in [-0.05, 0) is 35.7 Å². The van der Waals surface area contributed by atoms with Gasteiger partial charge in [0.1, 0.15) is 11.6 Å². The van der Waals surface area contributed by atoms with Crippen molar-refractivity contribution in [1.82, 2.24) is 14.5 Å². The molecule has 27 heavy (non-hydrogen) atoms. The lowest BCUT2D eigenvalue weighted by Gasteiger charge is -2.24. The van der Waals surface area contributed by atoms with Gasteiger partial charge in [0.2, 0.25) is 0 Å². The smallest absolute Gasteiger partial charge is 0.289 e. The van der Waals surface area contributed by atoms with Crippen LogP contribution < -0.4 is 4.74 Å². The Bertz CT molecular complexity index is 851. The molecule has 0 aliphatic rings. The minimum Gasteiger partial charge on any atom is -0.497 e. The Kier molecular flexibility index (Phi) is 5.96. The molecule has 0 unspecified atom stereocenters. The van der Waals surface area contributed by atoms with Crippen molar-refractivity contribution in [3.63, 3.8) is 0 Å². The highest BCUT2D eigenvalue weighted by molar-refractivity contribution is 5.91. The van der Waals surface area contributed by atoms with Gasteiger partial charge in [-0.3, -0.25) is 4.79 Å². The van der Waals surface area contributed by atoms with Gasteiger partial charge < -0.3 is 18.6 Å². The van der Waals surface area contributed by atoms with Gasteiger partial charge in [-0.1, -0.05) is 26.0 Å². The second-order valence-corrected chi connectivity index (χ2v) is 6.88. The van der Waals surface area contributed by atoms with Gasteiger partial charge in [0.15, 0.2) is 5.76 Å². The van der Waals surface area contributed by atoms with Gasteiger partial charge in [-0.2, -0.15) is 0 Å². The van der Waals surface area contributed by atoms with Crippen molar-refractivity contribution in [3.8, 4) is 5.75 Å². The van der Waals surface area contributed by atoms with Crippen LogP contribution in [-0.2, 0) is 13.1 Å². The summed E-state index contributed by atoms with van der Waals surface area (Å²) in [6, 6.07) is 11.4. The zero-order valence-electron chi connectivity index (χ0n) is 16.0. The van der Waals surface area contributed by atoms with Crippen LogP contribution in [0.25, 0.3) is 0 Å². The number of nitrogens with zero attached hydrogens (tertiary/aromatic N) is 3. The fraction of sp³-hybridized carbons (Fsp3) is 0.333. The van der Waals surface area contributed by atoms with Crippen molar-refractivity contribution in [1.29, 1.82) is 0 Å². The number of carbonyl (C=O) groups excluding carboxylic acids is 1. The van der Waals surface area contributed by atoms with E-state index in [1.165, 1.54) is 6.26 Å². The Morgan fingerprint density at radius 3 is 2.67 bits per heavy atom. The van der Waals surface area contributed by atoms with Crippen LogP contribution in [-0.4, -0.2) is 34.0 Å². The molecule has 0 aliphatic carbocycles. The van der Waals surface area contributed by atoms with E-state index < -0.39 is 0 Å². The number of aromatic nitrogens is 2. The molecule has 0 radical (unpaired) electrons. The van der Waals surface area contributed by atoms with Crippen molar-refractivity contribution < 1.29 is 13.9 Å². The normalized spacial score (nSPS) is 11.0. The molecular weight excluding hydrogens is 342 g/mol. The Balaban J connectivity index is 1.76. The maximum atomic E-state index is 12.8. The lowest BCUT2D eigenvalue weighted by molar-refractivity contribution is 0.0684. The van der Waals surface area contributed by atoms with Crippen LogP contribution in [0.15, 0.2) is 59.5 Å². The van der Waals surface area contributed by atoms with Crippen LogP contribution in [0, 0.1) is 5.92 Å². The van der Waals surface area contributed by atoms with Crippen LogP contribution >= 0.6 is 0 Å². The van der Waals surface area contributed by atoms with Crippen LogP contribution in [0.1, 0.15) is 35.8 Å². The summed E-state index contributed by atoms with van der Waals surface area (Å²) in [7, 11) is 1.66. The molecule has 2 aromatic heterocycles. The third-order valence-electron chi connectivity index (χ3n) is 4.25. The molecule has 0 saturated carbocycles. The Labute approximate surface area is 159 Å². The summed E-state index contributed by atoms with van der Waals surface area (Å²) in [5, 5.41) is 0. The highest BCUT2D eigenvalue weighted by Gasteiger charge is 2.21. The molecule has 0 spiro atoms. The first-order valence-electron chi connectivity index (χ1n) is 9.02. The van der Waals surface area contributed by atoms with E-state index in [1.54, 1.807) is 30.3 Å². The van der Waals surface area contributed by atoms with Gasteiger partial charge in [-0.15, -0.1) is 0 Å². The summed E-state index contributed by atoms with van der Waals surface area (Å²) in [4.78, 5) is 19.0. The monoisotopic (exact) mass is 367 g/mol. The average molecular weight is 367 g/mol.